The zero-order valence-electron chi connectivity index (χ0n) is 23.4. The van der Waals surface area contributed by atoms with E-state index >= 15 is 0 Å². The molecule has 7 aliphatic rings. The van der Waals surface area contributed by atoms with Crippen molar-refractivity contribution in [2.45, 2.75) is 88.5 Å². The molecule has 4 aliphatic carbocycles. The van der Waals surface area contributed by atoms with Gasteiger partial charge < -0.3 is 14.6 Å². The molecular formula is C33H36N2O6. The van der Waals surface area contributed by atoms with E-state index < -0.39 is 29.1 Å². The molecule has 0 radical (unpaired) electrons. The number of ether oxygens (including phenoxy) is 2. The summed E-state index contributed by atoms with van der Waals surface area (Å²) in [5.41, 5.74) is 1.85. The van der Waals surface area contributed by atoms with Crippen LogP contribution in [0.4, 0.5) is 0 Å². The van der Waals surface area contributed by atoms with Crippen molar-refractivity contribution in [3.05, 3.63) is 64.1 Å². The molecule has 3 aliphatic heterocycles. The SMILES string of the molecule is CC(=O)OC1=C2O[C@H]3[C@H](N4C(=O)C/C(=C\c5ccccc5)C4=O)CC[C@@]4(O)[C@H]5CC(=C2[C@@]34CCN5CC2CC2)CC1. The van der Waals surface area contributed by atoms with Gasteiger partial charge in [-0.15, -0.1) is 0 Å². The Balaban J connectivity index is 1.22. The third-order valence-corrected chi connectivity index (χ3v) is 10.9. The van der Waals surface area contributed by atoms with Crippen LogP contribution in [0, 0.1) is 11.3 Å². The number of nitrogens with zero attached hydrogens (tertiary/aromatic N) is 2. The van der Waals surface area contributed by atoms with Crippen molar-refractivity contribution in [2.24, 2.45) is 11.3 Å². The number of benzene rings is 1. The number of rotatable bonds is 5. The Morgan fingerprint density at radius 1 is 1.15 bits per heavy atom. The summed E-state index contributed by atoms with van der Waals surface area (Å²) in [4.78, 5) is 43.4. The molecule has 5 fully saturated rings. The van der Waals surface area contributed by atoms with Gasteiger partial charge in [0.25, 0.3) is 5.91 Å². The monoisotopic (exact) mass is 556 g/mol. The average molecular weight is 557 g/mol. The quantitative estimate of drug-likeness (QED) is 0.334. The number of carbonyl (C=O) groups excluding carboxylic acids is 3. The number of carbonyl (C=O) groups is 3. The molecule has 2 bridgehead atoms. The molecule has 41 heavy (non-hydrogen) atoms. The van der Waals surface area contributed by atoms with Gasteiger partial charge in [0.1, 0.15) is 11.9 Å². The number of hydrogen-bond acceptors (Lipinski definition) is 7. The van der Waals surface area contributed by atoms with E-state index in [1.54, 1.807) is 0 Å². The maximum absolute atomic E-state index is 13.8. The van der Waals surface area contributed by atoms with Gasteiger partial charge in [-0.3, -0.25) is 24.2 Å². The molecule has 3 saturated heterocycles. The predicted octanol–water partition coefficient (Wildman–Crippen LogP) is 3.86. The molecule has 2 amide bonds. The highest BCUT2D eigenvalue weighted by Crippen LogP contribution is 2.69. The summed E-state index contributed by atoms with van der Waals surface area (Å²) >= 11 is 0. The van der Waals surface area contributed by atoms with Crippen molar-refractivity contribution in [3.8, 4) is 0 Å². The molecule has 214 valence electrons. The molecule has 1 aromatic carbocycles. The lowest BCUT2D eigenvalue weighted by Crippen LogP contribution is -2.75. The van der Waals surface area contributed by atoms with Gasteiger partial charge in [0.2, 0.25) is 5.91 Å². The number of hydrogen-bond donors (Lipinski definition) is 1. The maximum Gasteiger partial charge on any atom is 0.307 e. The Labute approximate surface area is 239 Å². The molecule has 1 spiro atoms. The fraction of sp³-hybridized carbons (Fsp3) is 0.545. The number of piperidine rings is 1. The topological polar surface area (TPSA) is 96.4 Å². The molecule has 2 saturated carbocycles. The Morgan fingerprint density at radius 2 is 1.95 bits per heavy atom. The van der Waals surface area contributed by atoms with Crippen LogP contribution < -0.4 is 0 Å². The average Bonchev–Trinajstić information content (AvgIpc) is 3.63. The third kappa shape index (κ3) is 3.56. The van der Waals surface area contributed by atoms with E-state index in [1.165, 1.54) is 30.2 Å². The van der Waals surface area contributed by atoms with E-state index in [1.807, 2.05) is 36.4 Å². The summed E-state index contributed by atoms with van der Waals surface area (Å²) in [6.07, 6.45) is 7.56. The van der Waals surface area contributed by atoms with E-state index in [9.17, 15) is 19.5 Å². The molecular weight excluding hydrogens is 520 g/mol. The Hall–Kier alpha value is -3.23. The van der Waals surface area contributed by atoms with Gasteiger partial charge in [-0.05, 0) is 69.0 Å². The van der Waals surface area contributed by atoms with Gasteiger partial charge in [-0.25, -0.2) is 0 Å². The van der Waals surface area contributed by atoms with E-state index in [2.05, 4.69) is 4.90 Å². The lowest BCUT2D eigenvalue weighted by molar-refractivity contribution is -0.221. The molecule has 0 aromatic heterocycles. The second kappa shape index (κ2) is 8.88. The van der Waals surface area contributed by atoms with E-state index in [-0.39, 0.29) is 24.3 Å². The van der Waals surface area contributed by atoms with E-state index in [0.29, 0.717) is 48.7 Å². The van der Waals surface area contributed by atoms with Crippen molar-refractivity contribution >= 4 is 23.9 Å². The lowest BCUT2D eigenvalue weighted by atomic mass is 9.47. The fourth-order valence-electron chi connectivity index (χ4n) is 9.06. The zero-order valence-corrected chi connectivity index (χ0v) is 23.4. The summed E-state index contributed by atoms with van der Waals surface area (Å²) in [6, 6.07) is 9.07. The number of imide groups is 1. The molecule has 8 rings (SSSR count). The first kappa shape index (κ1) is 25.5. The number of likely N-dealkylation sites (tertiary alicyclic amines) is 2. The largest absolute Gasteiger partial charge is 0.483 e. The highest BCUT2D eigenvalue weighted by atomic mass is 16.6. The van der Waals surface area contributed by atoms with Crippen LogP contribution in [0.2, 0.25) is 0 Å². The summed E-state index contributed by atoms with van der Waals surface area (Å²) < 4.78 is 12.5. The molecule has 8 heteroatoms. The lowest BCUT2D eigenvalue weighted by Gasteiger charge is -2.64. The summed E-state index contributed by atoms with van der Waals surface area (Å²) in [5, 5.41) is 12.8. The summed E-state index contributed by atoms with van der Waals surface area (Å²) in [5.74, 6) is 0.916. The van der Waals surface area contributed by atoms with Crippen molar-refractivity contribution in [2.75, 3.05) is 13.1 Å². The predicted molar refractivity (Wildman–Crippen MR) is 149 cm³/mol. The first-order valence-corrected chi connectivity index (χ1v) is 15.2. The molecule has 5 atom stereocenters. The van der Waals surface area contributed by atoms with Crippen molar-refractivity contribution in [1.82, 2.24) is 9.80 Å². The Bertz CT molecular complexity index is 1460. The first-order valence-electron chi connectivity index (χ1n) is 15.2. The Morgan fingerprint density at radius 3 is 2.71 bits per heavy atom. The van der Waals surface area contributed by atoms with Gasteiger partial charge in [0.05, 0.1) is 23.5 Å². The second-order valence-corrected chi connectivity index (χ2v) is 13.1. The van der Waals surface area contributed by atoms with Crippen LogP contribution in [0.25, 0.3) is 6.08 Å². The molecule has 8 nitrogen and oxygen atoms in total. The van der Waals surface area contributed by atoms with Crippen LogP contribution in [0.15, 0.2) is 58.6 Å². The van der Waals surface area contributed by atoms with Gasteiger partial charge in [-0.1, -0.05) is 35.9 Å². The van der Waals surface area contributed by atoms with Crippen LogP contribution >= 0.6 is 0 Å². The smallest absolute Gasteiger partial charge is 0.307 e. The first-order chi connectivity index (χ1) is 19.8. The number of allylic oxidation sites excluding steroid dienone is 2. The molecule has 0 unspecified atom stereocenters. The molecule has 1 N–H and O–H groups in total. The highest BCUT2D eigenvalue weighted by molar-refractivity contribution is 6.16. The van der Waals surface area contributed by atoms with Crippen LogP contribution in [-0.2, 0) is 23.9 Å². The number of aliphatic hydroxyl groups is 1. The van der Waals surface area contributed by atoms with Crippen LogP contribution in [0.1, 0.15) is 70.3 Å². The van der Waals surface area contributed by atoms with Crippen molar-refractivity contribution < 1.29 is 29.0 Å². The Kier molecular flexibility index (Phi) is 5.52. The van der Waals surface area contributed by atoms with E-state index in [4.69, 9.17) is 9.47 Å². The summed E-state index contributed by atoms with van der Waals surface area (Å²) in [7, 11) is 0. The fourth-order valence-corrected chi connectivity index (χ4v) is 9.06. The second-order valence-electron chi connectivity index (χ2n) is 13.1. The van der Waals surface area contributed by atoms with Crippen LogP contribution in [-0.4, -0.2) is 69.6 Å². The van der Waals surface area contributed by atoms with Gasteiger partial charge in [0.15, 0.2) is 5.76 Å². The minimum absolute atomic E-state index is 0.0178. The minimum Gasteiger partial charge on any atom is -0.483 e. The van der Waals surface area contributed by atoms with E-state index in [0.717, 1.165) is 37.1 Å². The van der Waals surface area contributed by atoms with Crippen LogP contribution in [0.3, 0.4) is 0 Å². The maximum atomic E-state index is 13.8. The van der Waals surface area contributed by atoms with Gasteiger partial charge >= 0.3 is 5.97 Å². The highest BCUT2D eigenvalue weighted by Gasteiger charge is 2.75. The summed E-state index contributed by atoms with van der Waals surface area (Å²) in [6.45, 7) is 3.25. The van der Waals surface area contributed by atoms with Gasteiger partial charge in [0, 0.05) is 37.1 Å². The normalized spacial score (nSPS) is 37.1. The van der Waals surface area contributed by atoms with Gasteiger partial charge in [-0.2, -0.15) is 0 Å². The van der Waals surface area contributed by atoms with Crippen molar-refractivity contribution in [1.29, 1.82) is 0 Å². The van der Waals surface area contributed by atoms with Crippen molar-refractivity contribution in [3.63, 3.8) is 0 Å². The third-order valence-electron chi connectivity index (χ3n) is 10.9. The standard InChI is InChI=1S/C33H36N2O6/c1-19(36)40-25-10-9-22-16-26-33(39)12-11-24(35-27(37)17-23(31(35)38)15-20-5-3-2-4-6-20)30-32(33,28(22)29(25)41-30)13-14-34(26)18-21-7-8-21/h2-6,15,21,24,26,30,39H,7-14,16-18H2,1H3/b23-15+/t24-,26-,30+,32+,33-/m1/s1. The zero-order chi connectivity index (χ0) is 28.1. The number of amides is 2. The molecule has 3 heterocycles. The number of esters is 1. The van der Waals surface area contributed by atoms with Crippen LogP contribution in [0.5, 0.6) is 0 Å². The minimum atomic E-state index is -1.05. The molecule has 1 aromatic rings.